The average Bonchev–Trinajstić information content (AvgIpc) is 2.38. The number of carbonyl (C=O) groups is 1. The molecule has 0 aliphatic carbocycles. The molecular formula is C15H11F3O. The second-order valence-corrected chi connectivity index (χ2v) is 4.28. The summed E-state index contributed by atoms with van der Waals surface area (Å²) in [4.78, 5) is 11.9. The molecule has 98 valence electrons. The van der Waals surface area contributed by atoms with Crippen molar-refractivity contribution in [2.45, 2.75) is 13.3 Å². The maximum atomic E-state index is 13.4. The van der Waals surface area contributed by atoms with Crippen LogP contribution >= 0.6 is 0 Å². The molecule has 0 N–H and O–H groups in total. The highest BCUT2D eigenvalue weighted by Gasteiger charge is 2.13. The van der Waals surface area contributed by atoms with Gasteiger partial charge in [0.2, 0.25) is 0 Å². The number of benzene rings is 2. The molecule has 0 heterocycles. The Morgan fingerprint density at radius 2 is 1.79 bits per heavy atom. The number of aryl methyl sites for hydroxylation is 1. The predicted molar refractivity (Wildman–Crippen MR) is 65.5 cm³/mol. The Bertz CT molecular complexity index is 635. The molecule has 0 saturated heterocycles. The fourth-order valence-electron chi connectivity index (χ4n) is 1.78. The van der Waals surface area contributed by atoms with Gasteiger partial charge in [-0.05, 0) is 42.3 Å². The van der Waals surface area contributed by atoms with Crippen LogP contribution in [0.2, 0.25) is 0 Å². The zero-order valence-corrected chi connectivity index (χ0v) is 10.2. The summed E-state index contributed by atoms with van der Waals surface area (Å²) in [5.41, 5.74) is 0.611. The molecule has 0 fully saturated rings. The summed E-state index contributed by atoms with van der Waals surface area (Å²) >= 11 is 0. The fourth-order valence-corrected chi connectivity index (χ4v) is 1.78. The van der Waals surface area contributed by atoms with Crippen LogP contribution in [-0.2, 0) is 6.42 Å². The number of Topliss-reactive ketones (excluding diaryl/α,β-unsaturated/α-hetero) is 1. The van der Waals surface area contributed by atoms with Gasteiger partial charge in [0.25, 0.3) is 0 Å². The van der Waals surface area contributed by atoms with E-state index in [1.807, 2.05) is 0 Å². The molecular weight excluding hydrogens is 253 g/mol. The predicted octanol–water partition coefficient (Wildman–Crippen LogP) is 3.84. The lowest BCUT2D eigenvalue weighted by Gasteiger charge is -2.05. The van der Waals surface area contributed by atoms with Crippen LogP contribution in [0.4, 0.5) is 13.2 Å². The van der Waals surface area contributed by atoms with E-state index in [1.165, 1.54) is 37.3 Å². The Labute approximate surface area is 108 Å². The van der Waals surface area contributed by atoms with Gasteiger partial charge in [-0.2, -0.15) is 0 Å². The monoisotopic (exact) mass is 264 g/mol. The number of hydrogen-bond acceptors (Lipinski definition) is 1. The van der Waals surface area contributed by atoms with E-state index >= 15 is 0 Å². The van der Waals surface area contributed by atoms with Crippen molar-refractivity contribution in [1.82, 2.24) is 0 Å². The lowest BCUT2D eigenvalue weighted by Crippen LogP contribution is -2.06. The molecule has 4 heteroatoms. The van der Waals surface area contributed by atoms with E-state index in [4.69, 9.17) is 0 Å². The molecule has 2 aromatic carbocycles. The Hall–Kier alpha value is -2.10. The minimum absolute atomic E-state index is 0.00743. The second-order valence-electron chi connectivity index (χ2n) is 4.28. The maximum absolute atomic E-state index is 13.4. The zero-order valence-electron chi connectivity index (χ0n) is 10.2. The molecule has 0 aliphatic heterocycles. The van der Waals surface area contributed by atoms with Crippen molar-refractivity contribution in [2.75, 3.05) is 0 Å². The van der Waals surface area contributed by atoms with Gasteiger partial charge in [-0.1, -0.05) is 12.1 Å². The average molecular weight is 264 g/mol. The molecule has 0 aliphatic rings. The topological polar surface area (TPSA) is 17.1 Å². The standard InChI is InChI=1S/C15H11F3O/c1-9-7-10(5-6-12(9)16)14(19)8-11-3-2-4-13(17)15(11)18/h2-7H,8H2,1H3. The van der Waals surface area contributed by atoms with Gasteiger partial charge in [-0.25, -0.2) is 13.2 Å². The summed E-state index contributed by atoms with van der Waals surface area (Å²) in [6.07, 6.45) is -0.255. The molecule has 0 atom stereocenters. The molecule has 0 amide bonds. The van der Waals surface area contributed by atoms with Crippen LogP contribution in [-0.4, -0.2) is 5.78 Å². The minimum Gasteiger partial charge on any atom is -0.294 e. The molecule has 19 heavy (non-hydrogen) atoms. The molecule has 0 bridgehead atoms. The number of halogens is 3. The number of rotatable bonds is 3. The van der Waals surface area contributed by atoms with Gasteiger partial charge in [0.15, 0.2) is 17.4 Å². The van der Waals surface area contributed by atoms with Gasteiger partial charge in [-0.3, -0.25) is 4.79 Å². The Morgan fingerprint density at radius 1 is 1.05 bits per heavy atom. The van der Waals surface area contributed by atoms with Crippen LogP contribution in [0.15, 0.2) is 36.4 Å². The van der Waals surface area contributed by atoms with E-state index in [1.54, 1.807) is 0 Å². The Morgan fingerprint density at radius 3 is 2.47 bits per heavy atom. The first-order valence-electron chi connectivity index (χ1n) is 5.71. The van der Waals surface area contributed by atoms with Crippen LogP contribution in [0.1, 0.15) is 21.5 Å². The van der Waals surface area contributed by atoms with Crippen molar-refractivity contribution in [3.05, 3.63) is 70.5 Å². The Kier molecular flexibility index (Phi) is 3.69. The quantitative estimate of drug-likeness (QED) is 0.770. The number of hydrogen-bond donors (Lipinski definition) is 0. The van der Waals surface area contributed by atoms with Crippen LogP contribution in [0.25, 0.3) is 0 Å². The van der Waals surface area contributed by atoms with Crippen molar-refractivity contribution in [1.29, 1.82) is 0 Å². The summed E-state index contributed by atoms with van der Waals surface area (Å²) < 4.78 is 39.5. The third-order valence-electron chi connectivity index (χ3n) is 2.86. The fraction of sp³-hybridized carbons (Fsp3) is 0.133. The molecule has 0 radical (unpaired) electrons. The van der Waals surface area contributed by atoms with Gasteiger partial charge in [-0.15, -0.1) is 0 Å². The van der Waals surface area contributed by atoms with E-state index < -0.39 is 17.5 Å². The van der Waals surface area contributed by atoms with E-state index in [-0.39, 0.29) is 23.3 Å². The number of carbonyl (C=O) groups excluding carboxylic acids is 1. The second kappa shape index (κ2) is 5.26. The molecule has 1 nitrogen and oxygen atoms in total. The molecule has 2 aromatic rings. The van der Waals surface area contributed by atoms with Crippen molar-refractivity contribution < 1.29 is 18.0 Å². The lowest BCUT2D eigenvalue weighted by atomic mass is 10.0. The summed E-state index contributed by atoms with van der Waals surface area (Å²) in [7, 11) is 0. The summed E-state index contributed by atoms with van der Waals surface area (Å²) in [6.45, 7) is 1.54. The third-order valence-corrected chi connectivity index (χ3v) is 2.86. The van der Waals surface area contributed by atoms with E-state index in [0.717, 1.165) is 6.07 Å². The van der Waals surface area contributed by atoms with E-state index in [0.29, 0.717) is 5.56 Å². The highest BCUT2D eigenvalue weighted by Crippen LogP contribution is 2.16. The van der Waals surface area contributed by atoms with Gasteiger partial charge >= 0.3 is 0 Å². The van der Waals surface area contributed by atoms with Crippen molar-refractivity contribution in [3.63, 3.8) is 0 Å². The Balaban J connectivity index is 2.26. The lowest BCUT2D eigenvalue weighted by molar-refractivity contribution is 0.0991. The zero-order chi connectivity index (χ0) is 14.0. The van der Waals surface area contributed by atoms with Crippen molar-refractivity contribution in [3.8, 4) is 0 Å². The van der Waals surface area contributed by atoms with Crippen LogP contribution in [0.5, 0.6) is 0 Å². The summed E-state index contributed by atoms with van der Waals surface area (Å²) in [5, 5.41) is 0. The molecule has 0 aromatic heterocycles. The first-order valence-corrected chi connectivity index (χ1v) is 5.71. The van der Waals surface area contributed by atoms with Crippen molar-refractivity contribution >= 4 is 5.78 Å². The highest BCUT2D eigenvalue weighted by atomic mass is 19.2. The highest BCUT2D eigenvalue weighted by molar-refractivity contribution is 5.97. The van der Waals surface area contributed by atoms with Gasteiger partial charge < -0.3 is 0 Å². The molecule has 2 rings (SSSR count). The van der Waals surface area contributed by atoms with E-state index in [9.17, 15) is 18.0 Å². The third kappa shape index (κ3) is 2.84. The van der Waals surface area contributed by atoms with Crippen LogP contribution in [0, 0.1) is 24.4 Å². The van der Waals surface area contributed by atoms with Crippen LogP contribution in [0.3, 0.4) is 0 Å². The largest absolute Gasteiger partial charge is 0.294 e. The first-order chi connectivity index (χ1) is 8.99. The summed E-state index contributed by atoms with van der Waals surface area (Å²) in [6, 6.07) is 7.61. The van der Waals surface area contributed by atoms with Crippen LogP contribution < -0.4 is 0 Å². The van der Waals surface area contributed by atoms with Gasteiger partial charge in [0, 0.05) is 12.0 Å². The number of ketones is 1. The smallest absolute Gasteiger partial charge is 0.167 e. The van der Waals surface area contributed by atoms with Crippen molar-refractivity contribution in [2.24, 2.45) is 0 Å². The first kappa shape index (κ1) is 13.3. The normalized spacial score (nSPS) is 10.5. The molecule has 0 saturated carbocycles. The van der Waals surface area contributed by atoms with E-state index in [2.05, 4.69) is 0 Å². The molecule has 0 spiro atoms. The van der Waals surface area contributed by atoms with Gasteiger partial charge in [0.1, 0.15) is 5.82 Å². The minimum atomic E-state index is -1.02. The SMILES string of the molecule is Cc1cc(C(=O)Cc2cccc(F)c2F)ccc1F. The molecule has 0 unspecified atom stereocenters. The maximum Gasteiger partial charge on any atom is 0.167 e. The van der Waals surface area contributed by atoms with Gasteiger partial charge in [0.05, 0.1) is 0 Å². The summed E-state index contributed by atoms with van der Waals surface area (Å²) in [5.74, 6) is -2.80.